The maximum Gasteiger partial charge on any atom is 0.270 e. The highest BCUT2D eigenvalue weighted by Gasteiger charge is 2.19. The Morgan fingerprint density at radius 3 is 2.62 bits per heavy atom. The molecule has 138 valence electrons. The van der Waals surface area contributed by atoms with E-state index in [4.69, 9.17) is 11.6 Å². The molecule has 1 aromatic heterocycles. The molecule has 26 heavy (non-hydrogen) atoms. The Morgan fingerprint density at radius 2 is 1.92 bits per heavy atom. The fourth-order valence-corrected chi connectivity index (χ4v) is 3.26. The van der Waals surface area contributed by atoms with Crippen LogP contribution in [0.5, 0.6) is 0 Å². The van der Waals surface area contributed by atoms with Gasteiger partial charge in [-0.2, -0.15) is 0 Å². The van der Waals surface area contributed by atoms with Crippen LogP contribution >= 0.6 is 11.6 Å². The van der Waals surface area contributed by atoms with Gasteiger partial charge in [0, 0.05) is 30.7 Å². The second-order valence-corrected chi connectivity index (χ2v) is 7.40. The molecule has 1 saturated heterocycles. The number of hydrogen-bond acceptors (Lipinski definition) is 4. The summed E-state index contributed by atoms with van der Waals surface area (Å²) >= 11 is 5.89. The first-order valence-corrected chi connectivity index (χ1v) is 9.52. The molecule has 0 bridgehead atoms. The first-order chi connectivity index (χ1) is 12.5. The lowest BCUT2D eigenvalue weighted by atomic mass is 9.99. The Kier molecular flexibility index (Phi) is 6.09. The van der Waals surface area contributed by atoms with Crippen LogP contribution in [0.3, 0.4) is 0 Å². The first-order valence-electron chi connectivity index (χ1n) is 9.14. The summed E-state index contributed by atoms with van der Waals surface area (Å²) in [7, 11) is 0. The molecule has 1 N–H and O–H groups in total. The molecular formula is C20H25ClN4O. The average Bonchev–Trinajstić information content (AvgIpc) is 2.63. The molecule has 1 fully saturated rings. The molecule has 1 aliphatic rings. The van der Waals surface area contributed by atoms with Crippen LogP contribution in [0.4, 0.5) is 5.82 Å². The van der Waals surface area contributed by atoms with Crippen molar-refractivity contribution in [1.29, 1.82) is 0 Å². The fourth-order valence-electron chi connectivity index (χ4n) is 3.13. The minimum absolute atomic E-state index is 0.156. The number of benzene rings is 1. The van der Waals surface area contributed by atoms with Crippen molar-refractivity contribution in [2.75, 3.05) is 24.5 Å². The van der Waals surface area contributed by atoms with Gasteiger partial charge < -0.3 is 10.2 Å². The van der Waals surface area contributed by atoms with E-state index in [1.165, 1.54) is 0 Å². The number of anilines is 1. The maximum absolute atomic E-state index is 12.5. The third-order valence-electron chi connectivity index (χ3n) is 4.78. The number of carbonyl (C=O) groups excluding carboxylic acids is 1. The van der Waals surface area contributed by atoms with Crippen molar-refractivity contribution in [1.82, 2.24) is 15.3 Å². The monoisotopic (exact) mass is 372 g/mol. The van der Waals surface area contributed by atoms with Crippen LogP contribution < -0.4 is 10.2 Å². The first kappa shape index (κ1) is 18.6. The van der Waals surface area contributed by atoms with E-state index in [0.717, 1.165) is 49.7 Å². The van der Waals surface area contributed by atoms with Crippen LogP contribution in [0.15, 0.2) is 30.3 Å². The third kappa shape index (κ3) is 4.94. The molecule has 0 aliphatic carbocycles. The highest BCUT2D eigenvalue weighted by Crippen LogP contribution is 2.22. The van der Waals surface area contributed by atoms with Crippen molar-refractivity contribution in [3.63, 3.8) is 0 Å². The van der Waals surface area contributed by atoms with E-state index in [1.54, 1.807) is 6.07 Å². The summed E-state index contributed by atoms with van der Waals surface area (Å²) in [6, 6.07) is 9.47. The van der Waals surface area contributed by atoms with Gasteiger partial charge in [0.1, 0.15) is 17.3 Å². The van der Waals surface area contributed by atoms with Crippen molar-refractivity contribution < 1.29 is 4.79 Å². The van der Waals surface area contributed by atoms with E-state index in [-0.39, 0.29) is 5.91 Å². The normalized spacial score (nSPS) is 15.1. The molecule has 1 amide bonds. The minimum Gasteiger partial charge on any atom is -0.356 e. The average molecular weight is 373 g/mol. The van der Waals surface area contributed by atoms with Crippen molar-refractivity contribution in [2.45, 2.75) is 33.1 Å². The van der Waals surface area contributed by atoms with Gasteiger partial charge in [0.25, 0.3) is 5.91 Å². The summed E-state index contributed by atoms with van der Waals surface area (Å²) in [5.74, 6) is 2.08. The van der Waals surface area contributed by atoms with Crippen LogP contribution in [0.25, 0.3) is 0 Å². The summed E-state index contributed by atoms with van der Waals surface area (Å²) in [5.41, 5.74) is 1.57. The number of aromatic nitrogens is 2. The fraction of sp³-hybridized carbons (Fsp3) is 0.450. The van der Waals surface area contributed by atoms with Gasteiger partial charge in [0.2, 0.25) is 0 Å². The Bertz CT molecular complexity index is 755. The van der Waals surface area contributed by atoms with Gasteiger partial charge in [0.15, 0.2) is 0 Å². The van der Waals surface area contributed by atoms with E-state index < -0.39 is 0 Å². The van der Waals surface area contributed by atoms with Crippen molar-refractivity contribution >= 4 is 23.3 Å². The Morgan fingerprint density at radius 1 is 1.23 bits per heavy atom. The highest BCUT2D eigenvalue weighted by atomic mass is 35.5. The lowest BCUT2D eigenvalue weighted by Crippen LogP contribution is -2.34. The Hall–Kier alpha value is -2.14. The zero-order valence-electron chi connectivity index (χ0n) is 15.3. The van der Waals surface area contributed by atoms with Gasteiger partial charge in [-0.15, -0.1) is 0 Å². The zero-order valence-corrected chi connectivity index (χ0v) is 16.1. The van der Waals surface area contributed by atoms with Crippen LogP contribution in [0, 0.1) is 12.8 Å². The number of rotatable bonds is 5. The number of halogens is 1. The largest absolute Gasteiger partial charge is 0.356 e. The number of nitrogens with zero attached hydrogens (tertiary/aromatic N) is 3. The second-order valence-electron chi connectivity index (χ2n) is 6.96. The molecule has 0 radical (unpaired) electrons. The predicted molar refractivity (Wildman–Crippen MR) is 105 cm³/mol. The maximum atomic E-state index is 12.5. The molecule has 2 heterocycles. The molecule has 3 rings (SSSR count). The third-order valence-corrected chi connectivity index (χ3v) is 5.03. The van der Waals surface area contributed by atoms with E-state index in [1.807, 2.05) is 31.2 Å². The lowest BCUT2D eigenvalue weighted by molar-refractivity contribution is 0.0948. The lowest BCUT2D eigenvalue weighted by Gasteiger charge is -2.31. The molecule has 0 saturated carbocycles. The van der Waals surface area contributed by atoms with Gasteiger partial charge in [-0.1, -0.05) is 30.7 Å². The molecule has 1 aliphatic heterocycles. The van der Waals surface area contributed by atoms with Crippen molar-refractivity contribution in [3.05, 3.63) is 52.4 Å². The number of carbonyl (C=O) groups is 1. The Balaban J connectivity index is 1.60. The van der Waals surface area contributed by atoms with Gasteiger partial charge in [-0.05, 0) is 49.8 Å². The number of amides is 1. The number of hydrogen-bond donors (Lipinski definition) is 1. The van der Waals surface area contributed by atoms with Gasteiger partial charge in [-0.25, -0.2) is 9.97 Å². The molecular weight excluding hydrogens is 348 g/mol. The van der Waals surface area contributed by atoms with Gasteiger partial charge >= 0.3 is 0 Å². The Labute approximate surface area is 159 Å². The smallest absolute Gasteiger partial charge is 0.270 e. The van der Waals surface area contributed by atoms with Crippen LogP contribution in [0.1, 0.15) is 41.6 Å². The van der Waals surface area contributed by atoms with Gasteiger partial charge in [-0.3, -0.25) is 4.79 Å². The van der Waals surface area contributed by atoms with Crippen LogP contribution in [0.2, 0.25) is 5.02 Å². The summed E-state index contributed by atoms with van der Waals surface area (Å²) in [6.07, 6.45) is 3.07. The molecule has 1 aromatic carbocycles. The van der Waals surface area contributed by atoms with E-state index in [2.05, 4.69) is 27.1 Å². The summed E-state index contributed by atoms with van der Waals surface area (Å²) in [4.78, 5) is 23.6. The van der Waals surface area contributed by atoms with E-state index >= 15 is 0 Å². The topological polar surface area (TPSA) is 58.1 Å². The summed E-state index contributed by atoms with van der Waals surface area (Å²) in [5, 5.41) is 3.66. The zero-order chi connectivity index (χ0) is 18.5. The number of nitrogens with one attached hydrogen (secondary N) is 1. The molecule has 0 spiro atoms. The van der Waals surface area contributed by atoms with Crippen LogP contribution in [-0.2, 0) is 6.42 Å². The quantitative estimate of drug-likeness (QED) is 0.870. The number of aryl methyl sites for hydroxylation is 1. The molecule has 5 nitrogen and oxygen atoms in total. The molecule has 2 aromatic rings. The SMILES string of the molecule is Cc1nc(C(=O)NCCc2ccc(Cl)cc2)cc(N2CCC(C)CC2)n1. The minimum atomic E-state index is -0.156. The standard InChI is InChI=1S/C20H25ClN4O/c1-14-8-11-25(12-9-14)19-13-18(23-15(2)24-19)20(26)22-10-7-16-3-5-17(21)6-4-16/h3-6,13-14H,7-12H2,1-2H3,(H,22,26). The molecule has 6 heteroatoms. The van der Waals surface area contributed by atoms with Crippen LogP contribution in [-0.4, -0.2) is 35.5 Å². The van der Waals surface area contributed by atoms with Crippen molar-refractivity contribution in [3.8, 4) is 0 Å². The highest BCUT2D eigenvalue weighted by molar-refractivity contribution is 6.30. The number of piperidine rings is 1. The van der Waals surface area contributed by atoms with E-state index in [0.29, 0.717) is 23.1 Å². The second kappa shape index (κ2) is 8.49. The van der Waals surface area contributed by atoms with Gasteiger partial charge in [0.05, 0.1) is 0 Å². The summed E-state index contributed by atoms with van der Waals surface area (Å²) in [6.45, 7) is 6.63. The molecule has 0 unspecified atom stereocenters. The molecule has 0 atom stereocenters. The van der Waals surface area contributed by atoms with E-state index in [9.17, 15) is 4.79 Å². The predicted octanol–water partition coefficient (Wildman–Crippen LogP) is 3.65. The summed E-state index contributed by atoms with van der Waals surface area (Å²) < 4.78 is 0. The van der Waals surface area contributed by atoms with Crippen molar-refractivity contribution in [2.24, 2.45) is 5.92 Å².